The Balaban J connectivity index is 1.27. The lowest BCUT2D eigenvalue weighted by Crippen LogP contribution is -2.56. The van der Waals surface area contributed by atoms with Gasteiger partial charge in [-0.15, -0.1) is 0 Å². The Bertz CT molecular complexity index is 599. The molecule has 7 nitrogen and oxygen atoms in total. The van der Waals surface area contributed by atoms with Crippen LogP contribution in [-0.2, 0) is 19.1 Å². The van der Waals surface area contributed by atoms with Crippen molar-refractivity contribution in [2.75, 3.05) is 26.3 Å². The highest BCUT2D eigenvalue weighted by Crippen LogP contribution is 2.60. The van der Waals surface area contributed by atoms with E-state index < -0.39 is 12.0 Å². The fourth-order valence-electron chi connectivity index (χ4n) is 6.40. The number of amides is 2. The van der Waals surface area contributed by atoms with E-state index in [1.165, 1.54) is 19.3 Å². The zero-order valence-corrected chi connectivity index (χ0v) is 16.5. The topological polar surface area (TPSA) is 95.9 Å². The Labute approximate surface area is 166 Å². The minimum atomic E-state index is -0.958. The minimum Gasteiger partial charge on any atom is -0.480 e. The molecule has 156 valence electrons. The lowest BCUT2D eigenvalue weighted by atomic mass is 9.49. The molecule has 1 saturated heterocycles. The van der Waals surface area contributed by atoms with E-state index in [0.29, 0.717) is 50.3 Å². The average Bonchev–Trinajstić information content (AvgIpc) is 2.64. The number of carbonyl (C=O) groups is 3. The van der Waals surface area contributed by atoms with Gasteiger partial charge in [0, 0.05) is 18.5 Å². The summed E-state index contributed by atoms with van der Waals surface area (Å²) in [6.07, 6.45) is 8.42. The van der Waals surface area contributed by atoms with Crippen LogP contribution in [0.25, 0.3) is 0 Å². The third kappa shape index (κ3) is 4.04. The third-order valence-corrected chi connectivity index (χ3v) is 7.38. The molecule has 1 atom stereocenters. The number of aliphatic carboxylic acids is 1. The van der Waals surface area contributed by atoms with Crippen molar-refractivity contribution >= 4 is 17.8 Å². The summed E-state index contributed by atoms with van der Waals surface area (Å²) in [6.45, 7) is 1.92. The Morgan fingerprint density at radius 3 is 2.36 bits per heavy atom. The molecule has 4 saturated carbocycles. The highest BCUT2D eigenvalue weighted by Gasteiger charge is 2.54. The van der Waals surface area contributed by atoms with Crippen molar-refractivity contribution in [3.05, 3.63) is 0 Å². The molecule has 2 N–H and O–H groups in total. The van der Waals surface area contributed by atoms with E-state index in [2.05, 4.69) is 5.32 Å². The van der Waals surface area contributed by atoms with Crippen LogP contribution in [-0.4, -0.2) is 60.1 Å². The summed E-state index contributed by atoms with van der Waals surface area (Å²) in [4.78, 5) is 38.3. The Hall–Kier alpha value is -1.63. The van der Waals surface area contributed by atoms with Crippen LogP contribution in [0.2, 0.25) is 0 Å². The van der Waals surface area contributed by atoms with Gasteiger partial charge >= 0.3 is 5.97 Å². The molecular weight excluding hydrogens is 360 g/mol. The molecule has 1 heterocycles. The van der Waals surface area contributed by atoms with Crippen LogP contribution in [0.15, 0.2) is 0 Å². The van der Waals surface area contributed by atoms with E-state index in [0.717, 1.165) is 25.7 Å². The number of ether oxygens (including phenoxy) is 1. The average molecular weight is 392 g/mol. The fourth-order valence-corrected chi connectivity index (χ4v) is 6.40. The van der Waals surface area contributed by atoms with Gasteiger partial charge in [0.25, 0.3) is 0 Å². The molecule has 0 aromatic heterocycles. The van der Waals surface area contributed by atoms with Crippen LogP contribution in [0.4, 0.5) is 0 Å². The predicted molar refractivity (Wildman–Crippen MR) is 101 cm³/mol. The summed E-state index contributed by atoms with van der Waals surface area (Å²) in [5.74, 6) is 0.989. The number of nitrogens with zero attached hydrogens (tertiary/aromatic N) is 1. The molecule has 2 amide bonds. The van der Waals surface area contributed by atoms with Gasteiger partial charge in [0.1, 0.15) is 12.6 Å². The molecule has 7 heteroatoms. The van der Waals surface area contributed by atoms with E-state index in [4.69, 9.17) is 4.74 Å². The number of carboxylic acids is 1. The molecule has 0 unspecified atom stereocenters. The normalized spacial score (nSPS) is 35.1. The molecule has 5 fully saturated rings. The third-order valence-electron chi connectivity index (χ3n) is 7.38. The Morgan fingerprint density at radius 1 is 1.14 bits per heavy atom. The second kappa shape index (κ2) is 8.01. The molecule has 5 rings (SSSR count). The zero-order chi connectivity index (χ0) is 19.7. The Kier molecular flexibility index (Phi) is 5.63. The fraction of sp³-hybridized carbons (Fsp3) is 0.857. The maximum absolute atomic E-state index is 13.1. The summed E-state index contributed by atoms with van der Waals surface area (Å²) < 4.78 is 5.12. The van der Waals surface area contributed by atoms with Crippen LogP contribution < -0.4 is 5.32 Å². The summed E-state index contributed by atoms with van der Waals surface area (Å²) in [5, 5.41) is 12.5. The first kappa shape index (κ1) is 19.7. The summed E-state index contributed by atoms with van der Waals surface area (Å²) in [5.41, 5.74) is -0.317. The molecule has 0 aromatic carbocycles. The van der Waals surface area contributed by atoms with Crippen molar-refractivity contribution in [3.63, 3.8) is 0 Å². The minimum absolute atomic E-state index is 0.00356. The number of hydrogen-bond donors (Lipinski definition) is 2. The van der Waals surface area contributed by atoms with E-state index in [9.17, 15) is 19.5 Å². The van der Waals surface area contributed by atoms with E-state index in [-0.39, 0.29) is 23.8 Å². The number of unbranched alkanes of at least 4 members (excludes halogenated alkanes) is 1. The van der Waals surface area contributed by atoms with Crippen LogP contribution in [0.1, 0.15) is 57.8 Å². The number of morpholine rings is 1. The van der Waals surface area contributed by atoms with Crippen molar-refractivity contribution in [3.8, 4) is 0 Å². The van der Waals surface area contributed by atoms with Gasteiger partial charge in [-0.2, -0.15) is 0 Å². The number of carboxylic acid groups (broad SMARTS) is 1. The first-order chi connectivity index (χ1) is 13.4. The molecule has 28 heavy (non-hydrogen) atoms. The highest BCUT2D eigenvalue weighted by atomic mass is 16.5. The van der Waals surface area contributed by atoms with E-state index in [1.807, 2.05) is 0 Å². The standard InChI is InChI=1S/C21H32N2O5/c24-18-13-28-6-5-23(18)4-2-1-3-17(19(25)26)22-20(27)21-10-14-7-15(11-21)9-16(8-14)12-21/h14-17H,1-13H2,(H,22,27)(H,25,26)/t14?,15?,16?,17-,21?/m0/s1. The van der Waals surface area contributed by atoms with Crippen LogP contribution in [0.5, 0.6) is 0 Å². The van der Waals surface area contributed by atoms with Gasteiger partial charge in [-0.1, -0.05) is 0 Å². The van der Waals surface area contributed by atoms with Crippen molar-refractivity contribution in [2.45, 2.75) is 63.8 Å². The lowest BCUT2D eigenvalue weighted by molar-refractivity contribution is -0.151. The number of carbonyl (C=O) groups excluding carboxylic acids is 2. The zero-order valence-electron chi connectivity index (χ0n) is 16.5. The SMILES string of the molecule is O=C(O)[C@H](CCCCN1CCOCC1=O)NC(=O)C12CC3CC(CC(C3)C1)C2. The molecular formula is C21H32N2O5. The molecule has 1 aliphatic heterocycles. The van der Waals surface area contributed by atoms with Gasteiger partial charge in [0.05, 0.1) is 6.61 Å². The number of hydrogen-bond acceptors (Lipinski definition) is 4. The van der Waals surface area contributed by atoms with Crippen LogP contribution >= 0.6 is 0 Å². The van der Waals surface area contributed by atoms with Gasteiger partial charge in [0.15, 0.2) is 0 Å². The number of rotatable bonds is 8. The summed E-state index contributed by atoms with van der Waals surface area (Å²) in [7, 11) is 0. The number of nitrogens with one attached hydrogen (secondary N) is 1. The van der Waals surface area contributed by atoms with Crippen LogP contribution in [0.3, 0.4) is 0 Å². The Morgan fingerprint density at radius 2 is 1.79 bits per heavy atom. The van der Waals surface area contributed by atoms with Gasteiger partial charge in [-0.3, -0.25) is 9.59 Å². The summed E-state index contributed by atoms with van der Waals surface area (Å²) >= 11 is 0. The first-order valence-corrected chi connectivity index (χ1v) is 10.8. The lowest BCUT2D eigenvalue weighted by Gasteiger charge is -2.55. The van der Waals surface area contributed by atoms with Crippen molar-refractivity contribution in [2.24, 2.45) is 23.2 Å². The molecule has 0 aromatic rings. The molecule has 0 radical (unpaired) electrons. The maximum atomic E-state index is 13.1. The summed E-state index contributed by atoms with van der Waals surface area (Å²) in [6, 6.07) is -0.833. The van der Waals surface area contributed by atoms with E-state index >= 15 is 0 Å². The highest BCUT2D eigenvalue weighted by molar-refractivity contribution is 5.87. The monoisotopic (exact) mass is 392 g/mol. The van der Waals surface area contributed by atoms with Crippen molar-refractivity contribution in [1.29, 1.82) is 0 Å². The molecule has 4 bridgehead atoms. The maximum Gasteiger partial charge on any atom is 0.326 e. The van der Waals surface area contributed by atoms with Gasteiger partial charge in [-0.05, 0) is 75.5 Å². The van der Waals surface area contributed by atoms with Gasteiger partial charge in [0.2, 0.25) is 11.8 Å². The van der Waals surface area contributed by atoms with Gasteiger partial charge in [-0.25, -0.2) is 4.79 Å². The quantitative estimate of drug-likeness (QED) is 0.614. The van der Waals surface area contributed by atoms with Gasteiger partial charge < -0.3 is 20.1 Å². The molecule has 4 aliphatic carbocycles. The van der Waals surface area contributed by atoms with Crippen molar-refractivity contribution in [1.82, 2.24) is 10.2 Å². The first-order valence-electron chi connectivity index (χ1n) is 10.8. The van der Waals surface area contributed by atoms with E-state index in [1.54, 1.807) is 4.90 Å². The molecule has 0 spiro atoms. The smallest absolute Gasteiger partial charge is 0.326 e. The predicted octanol–water partition coefficient (Wildman–Crippen LogP) is 1.80. The second-order valence-electron chi connectivity index (χ2n) is 9.49. The second-order valence-corrected chi connectivity index (χ2v) is 9.49. The van der Waals surface area contributed by atoms with Crippen molar-refractivity contribution < 1.29 is 24.2 Å². The largest absolute Gasteiger partial charge is 0.480 e. The van der Waals surface area contributed by atoms with Crippen LogP contribution in [0, 0.1) is 23.2 Å². The molecule has 5 aliphatic rings.